The summed E-state index contributed by atoms with van der Waals surface area (Å²) in [7, 11) is 0. The molecule has 0 aromatic heterocycles. The Kier molecular flexibility index (Phi) is 4.99. The lowest BCUT2D eigenvalue weighted by Gasteiger charge is -2.13. The van der Waals surface area contributed by atoms with Crippen LogP contribution in [0.2, 0.25) is 0 Å². The van der Waals surface area contributed by atoms with Gasteiger partial charge in [0.2, 0.25) is 0 Å². The summed E-state index contributed by atoms with van der Waals surface area (Å²) in [4.78, 5) is 0. The molecule has 0 amide bonds. The number of alkyl halides is 3. The number of hydrogen-bond donors (Lipinski definition) is 0. The second-order valence-electron chi connectivity index (χ2n) is 5.70. The topological polar surface area (TPSA) is 9.23 Å². The Bertz CT molecular complexity index is 920. The van der Waals surface area contributed by atoms with Crippen LogP contribution in [0.15, 0.2) is 72.8 Å². The third-order valence-corrected chi connectivity index (χ3v) is 3.91. The summed E-state index contributed by atoms with van der Waals surface area (Å²) >= 11 is 0. The smallest absolute Gasteiger partial charge is 0.416 e. The minimum atomic E-state index is -4.37. The van der Waals surface area contributed by atoms with E-state index in [1.807, 2.05) is 30.3 Å². The van der Waals surface area contributed by atoms with Crippen molar-refractivity contribution >= 4 is 0 Å². The van der Waals surface area contributed by atoms with Gasteiger partial charge in [-0.2, -0.15) is 13.2 Å². The van der Waals surface area contributed by atoms with Gasteiger partial charge in [-0.1, -0.05) is 48.4 Å². The van der Waals surface area contributed by atoms with Crippen LogP contribution in [-0.4, -0.2) is 0 Å². The lowest BCUT2D eigenvalue weighted by molar-refractivity contribution is -0.137. The Labute approximate surface area is 150 Å². The Morgan fingerprint density at radius 2 is 1.58 bits per heavy atom. The molecule has 4 heteroatoms. The van der Waals surface area contributed by atoms with Gasteiger partial charge in [0.05, 0.1) is 5.56 Å². The summed E-state index contributed by atoms with van der Waals surface area (Å²) in [6.45, 7) is 0.351. The first kappa shape index (κ1) is 17.6. The fraction of sp³-hybridized carbons (Fsp3) is 0.0909. The predicted octanol–water partition coefficient (Wildman–Crippen LogP) is 5.93. The van der Waals surface area contributed by atoms with E-state index in [2.05, 4.69) is 5.92 Å². The van der Waals surface area contributed by atoms with Crippen LogP contribution in [0.25, 0.3) is 11.1 Å². The normalized spacial score (nSPS) is 11.0. The number of rotatable bonds is 4. The Balaban J connectivity index is 1.93. The van der Waals surface area contributed by atoms with Gasteiger partial charge in [-0.15, -0.1) is 6.42 Å². The number of benzene rings is 3. The summed E-state index contributed by atoms with van der Waals surface area (Å²) in [6.07, 6.45) is 1.08. The van der Waals surface area contributed by atoms with Gasteiger partial charge in [0, 0.05) is 11.1 Å². The van der Waals surface area contributed by atoms with Crippen molar-refractivity contribution < 1.29 is 17.9 Å². The van der Waals surface area contributed by atoms with Gasteiger partial charge in [-0.05, 0) is 41.5 Å². The van der Waals surface area contributed by atoms with Gasteiger partial charge in [-0.25, -0.2) is 0 Å². The highest BCUT2D eigenvalue weighted by molar-refractivity contribution is 5.72. The molecule has 0 radical (unpaired) electrons. The molecule has 0 unspecified atom stereocenters. The Hall–Kier alpha value is -3.19. The summed E-state index contributed by atoms with van der Waals surface area (Å²) in [5.41, 5.74) is 2.20. The van der Waals surface area contributed by atoms with Crippen molar-refractivity contribution in [3.63, 3.8) is 0 Å². The zero-order valence-electron chi connectivity index (χ0n) is 13.8. The standard InChI is InChI=1S/C22H15F3O/c1-2-16-8-13-21(26-15-17-6-4-3-5-7-17)20(14-16)18-9-11-19(12-10-18)22(23,24)25/h1,3-14H,15H2. The molecule has 3 aromatic rings. The molecule has 0 aliphatic rings. The molecule has 0 saturated carbocycles. The van der Waals surface area contributed by atoms with Crippen molar-refractivity contribution in [2.75, 3.05) is 0 Å². The first-order valence-electron chi connectivity index (χ1n) is 7.92. The molecular weight excluding hydrogens is 337 g/mol. The van der Waals surface area contributed by atoms with Gasteiger partial charge < -0.3 is 4.74 Å². The van der Waals surface area contributed by atoms with E-state index in [-0.39, 0.29) is 0 Å². The van der Waals surface area contributed by atoms with Crippen molar-refractivity contribution in [1.29, 1.82) is 0 Å². The van der Waals surface area contributed by atoms with Crippen molar-refractivity contribution in [1.82, 2.24) is 0 Å². The lowest BCUT2D eigenvalue weighted by Crippen LogP contribution is -2.04. The van der Waals surface area contributed by atoms with Gasteiger partial charge in [-0.3, -0.25) is 0 Å². The number of hydrogen-bond acceptors (Lipinski definition) is 1. The van der Waals surface area contributed by atoms with E-state index >= 15 is 0 Å². The zero-order valence-corrected chi connectivity index (χ0v) is 13.8. The van der Waals surface area contributed by atoms with E-state index in [0.29, 0.717) is 29.0 Å². The molecule has 0 fully saturated rings. The van der Waals surface area contributed by atoms with Crippen LogP contribution in [0, 0.1) is 12.3 Å². The van der Waals surface area contributed by atoms with Crippen LogP contribution < -0.4 is 4.74 Å². The van der Waals surface area contributed by atoms with Crippen LogP contribution in [0.3, 0.4) is 0 Å². The van der Waals surface area contributed by atoms with Gasteiger partial charge in [0.25, 0.3) is 0 Å². The van der Waals surface area contributed by atoms with E-state index in [1.54, 1.807) is 18.2 Å². The molecule has 0 saturated heterocycles. The third kappa shape index (κ3) is 4.07. The highest BCUT2D eigenvalue weighted by atomic mass is 19.4. The molecule has 3 rings (SSSR count). The third-order valence-electron chi connectivity index (χ3n) is 3.91. The molecular formula is C22H15F3O. The molecule has 3 aromatic carbocycles. The van der Waals surface area contributed by atoms with Crippen molar-refractivity contribution in [2.45, 2.75) is 12.8 Å². The molecule has 1 nitrogen and oxygen atoms in total. The molecule has 0 spiro atoms. The zero-order chi connectivity index (χ0) is 18.6. The van der Waals surface area contributed by atoms with Gasteiger partial charge >= 0.3 is 6.18 Å². The predicted molar refractivity (Wildman–Crippen MR) is 95.6 cm³/mol. The van der Waals surface area contributed by atoms with Crippen LogP contribution in [0.4, 0.5) is 13.2 Å². The number of halogens is 3. The first-order valence-corrected chi connectivity index (χ1v) is 7.92. The highest BCUT2D eigenvalue weighted by Gasteiger charge is 2.30. The highest BCUT2D eigenvalue weighted by Crippen LogP contribution is 2.35. The Morgan fingerprint density at radius 1 is 0.885 bits per heavy atom. The average molecular weight is 352 g/mol. The van der Waals surface area contributed by atoms with E-state index < -0.39 is 11.7 Å². The van der Waals surface area contributed by atoms with Crippen molar-refractivity contribution in [3.8, 4) is 29.2 Å². The second-order valence-corrected chi connectivity index (χ2v) is 5.70. The Morgan fingerprint density at radius 3 is 2.19 bits per heavy atom. The molecule has 0 heterocycles. The molecule has 0 aliphatic heterocycles. The lowest BCUT2D eigenvalue weighted by atomic mass is 10.0. The molecule has 0 aliphatic carbocycles. The monoisotopic (exact) mass is 352 g/mol. The largest absolute Gasteiger partial charge is 0.488 e. The van der Waals surface area contributed by atoms with E-state index in [4.69, 9.17) is 11.2 Å². The summed E-state index contributed by atoms with van der Waals surface area (Å²) < 4.78 is 44.2. The summed E-state index contributed by atoms with van der Waals surface area (Å²) in [6, 6.07) is 19.8. The fourth-order valence-electron chi connectivity index (χ4n) is 2.55. The van der Waals surface area contributed by atoms with E-state index in [1.165, 1.54) is 12.1 Å². The SMILES string of the molecule is C#Cc1ccc(OCc2ccccc2)c(-c2ccc(C(F)(F)F)cc2)c1. The summed E-state index contributed by atoms with van der Waals surface area (Å²) in [5.74, 6) is 3.10. The maximum atomic E-state index is 12.8. The van der Waals surface area contributed by atoms with Crippen LogP contribution in [-0.2, 0) is 12.8 Å². The minimum Gasteiger partial charge on any atom is -0.488 e. The van der Waals surface area contributed by atoms with Crippen LogP contribution in [0.5, 0.6) is 5.75 Å². The molecule has 0 N–H and O–H groups in total. The minimum absolute atomic E-state index is 0.351. The first-order chi connectivity index (χ1) is 12.5. The molecule has 26 heavy (non-hydrogen) atoms. The van der Waals surface area contributed by atoms with E-state index in [9.17, 15) is 13.2 Å². The number of terminal acetylenes is 1. The summed E-state index contributed by atoms with van der Waals surface area (Å²) in [5, 5.41) is 0. The molecule has 0 bridgehead atoms. The van der Waals surface area contributed by atoms with Crippen molar-refractivity contribution in [2.24, 2.45) is 0 Å². The van der Waals surface area contributed by atoms with Crippen LogP contribution in [0.1, 0.15) is 16.7 Å². The molecule has 0 atom stereocenters. The van der Waals surface area contributed by atoms with Crippen molar-refractivity contribution in [3.05, 3.63) is 89.5 Å². The fourth-order valence-corrected chi connectivity index (χ4v) is 2.55. The second kappa shape index (κ2) is 7.37. The van der Waals surface area contributed by atoms with Gasteiger partial charge in [0.15, 0.2) is 0 Å². The maximum absolute atomic E-state index is 12.8. The quantitative estimate of drug-likeness (QED) is 0.529. The molecule has 130 valence electrons. The number of ether oxygens (including phenoxy) is 1. The van der Waals surface area contributed by atoms with Crippen LogP contribution >= 0.6 is 0 Å². The average Bonchev–Trinajstić information content (AvgIpc) is 2.66. The van der Waals surface area contributed by atoms with E-state index in [0.717, 1.165) is 17.7 Å². The maximum Gasteiger partial charge on any atom is 0.416 e. The van der Waals surface area contributed by atoms with Gasteiger partial charge in [0.1, 0.15) is 12.4 Å².